The maximum atomic E-state index is 5.51. The molecule has 0 saturated carbocycles. The van der Waals surface area contributed by atoms with Crippen molar-refractivity contribution in [1.82, 2.24) is 0 Å². The minimum absolute atomic E-state index is 0.318. The molecule has 0 radical (unpaired) electrons. The maximum absolute atomic E-state index is 5.51. The zero-order valence-corrected chi connectivity index (χ0v) is 18.8. The minimum atomic E-state index is 0.318. The van der Waals surface area contributed by atoms with Crippen LogP contribution in [0.5, 0.6) is 0 Å². The Labute approximate surface area is 177 Å². The van der Waals surface area contributed by atoms with E-state index in [1.807, 2.05) is 0 Å². The topological polar surface area (TPSA) is 26.0 Å². The van der Waals surface area contributed by atoms with Crippen molar-refractivity contribution in [3.8, 4) is 0 Å². The molecule has 1 heteroatoms. The molecule has 0 unspecified atom stereocenters. The average molecular weight is 388 g/mol. The van der Waals surface area contributed by atoms with Crippen molar-refractivity contribution in [3.05, 3.63) is 50.1 Å². The van der Waals surface area contributed by atoms with Crippen molar-refractivity contribution >= 4 is 0 Å². The molecule has 0 rings (SSSR count). The predicted octanol–water partition coefficient (Wildman–Crippen LogP) is 8.68. The van der Waals surface area contributed by atoms with E-state index in [1.54, 1.807) is 0 Å². The zero-order chi connectivity index (χ0) is 20.8. The van der Waals surface area contributed by atoms with Gasteiger partial charge in [-0.1, -0.05) is 81.7 Å². The smallest absolute Gasteiger partial charge is 0.00773 e. The molecule has 0 saturated heterocycles. The molecule has 2 N–H and O–H groups in total. The molecule has 1 nitrogen and oxygen atoms in total. The number of rotatable bonds is 22. The monoisotopic (exact) mass is 387 g/mol. The van der Waals surface area contributed by atoms with Crippen LogP contribution >= 0.6 is 0 Å². The van der Waals surface area contributed by atoms with Gasteiger partial charge in [0.05, 0.1) is 0 Å². The van der Waals surface area contributed by atoms with Gasteiger partial charge in [-0.05, 0) is 69.7 Å². The van der Waals surface area contributed by atoms with E-state index in [0.29, 0.717) is 5.41 Å². The van der Waals surface area contributed by atoms with Gasteiger partial charge in [-0.15, -0.1) is 19.7 Å². The van der Waals surface area contributed by atoms with E-state index in [0.717, 1.165) is 25.8 Å². The van der Waals surface area contributed by atoms with Crippen LogP contribution < -0.4 is 5.73 Å². The van der Waals surface area contributed by atoms with Crippen LogP contribution in [-0.2, 0) is 0 Å². The highest BCUT2D eigenvalue weighted by Gasteiger charge is 2.25. The van der Waals surface area contributed by atoms with Crippen LogP contribution in [0.25, 0.3) is 0 Å². The highest BCUT2D eigenvalue weighted by Crippen LogP contribution is 2.38. The van der Waals surface area contributed by atoms with Crippen LogP contribution in [0.2, 0.25) is 0 Å². The summed E-state index contributed by atoms with van der Waals surface area (Å²) in [6, 6.07) is 0. The van der Waals surface area contributed by atoms with Gasteiger partial charge in [-0.3, -0.25) is 0 Å². The second-order valence-corrected chi connectivity index (χ2v) is 8.45. The normalized spacial score (nSPS) is 11.8. The van der Waals surface area contributed by atoms with E-state index in [-0.39, 0.29) is 0 Å². The van der Waals surface area contributed by atoms with Gasteiger partial charge in [0.2, 0.25) is 0 Å². The van der Waals surface area contributed by atoms with Gasteiger partial charge in [0.1, 0.15) is 0 Å². The third-order valence-electron chi connectivity index (χ3n) is 5.80. The summed E-state index contributed by atoms with van der Waals surface area (Å²) in [5.41, 5.74) is 5.83. The molecule has 0 fully saturated rings. The second-order valence-electron chi connectivity index (χ2n) is 8.45. The molecule has 28 heavy (non-hydrogen) atoms. The molecule has 0 aliphatic heterocycles. The summed E-state index contributed by atoms with van der Waals surface area (Å²) < 4.78 is 0. The summed E-state index contributed by atoms with van der Waals surface area (Å²) in [7, 11) is 0. The molecular formula is C27H49N. The van der Waals surface area contributed by atoms with E-state index in [2.05, 4.69) is 50.1 Å². The lowest BCUT2D eigenvalue weighted by Gasteiger charge is -2.31. The summed E-state index contributed by atoms with van der Waals surface area (Å²) in [6.07, 6.45) is 32.7. The lowest BCUT2D eigenvalue weighted by atomic mass is 9.74. The van der Waals surface area contributed by atoms with Crippen molar-refractivity contribution < 1.29 is 0 Å². The maximum Gasteiger partial charge on any atom is -0.00773 e. The van der Waals surface area contributed by atoms with E-state index in [9.17, 15) is 0 Å². The summed E-state index contributed by atoms with van der Waals surface area (Å²) in [4.78, 5) is 0. The molecule has 0 bridgehead atoms. The van der Waals surface area contributed by atoms with Crippen molar-refractivity contribution in [1.29, 1.82) is 0 Å². The third-order valence-corrected chi connectivity index (χ3v) is 5.80. The average Bonchev–Trinajstić information content (AvgIpc) is 2.68. The number of unbranched alkanes of at least 4 members (excludes halogenated alkanes) is 11. The Bertz CT molecular complexity index is 367. The molecule has 0 aromatic heterocycles. The van der Waals surface area contributed by atoms with Crippen LogP contribution in [0.4, 0.5) is 0 Å². The third kappa shape index (κ3) is 15.9. The van der Waals surface area contributed by atoms with Crippen LogP contribution in [0.3, 0.4) is 0 Å². The molecule has 0 amide bonds. The first-order valence-electron chi connectivity index (χ1n) is 11.9. The molecule has 0 aliphatic carbocycles. The largest absolute Gasteiger partial charge is 0.330 e. The molecule has 0 atom stereocenters. The van der Waals surface area contributed by atoms with Gasteiger partial charge in [0.25, 0.3) is 0 Å². The van der Waals surface area contributed by atoms with E-state index < -0.39 is 0 Å². The minimum Gasteiger partial charge on any atom is -0.330 e. The number of allylic oxidation sites excluding steroid dienone is 5. The SMILES string of the molecule is C=CCC(CC=C)(CC=C)CCCCCCC/C=C\CCCCCCCCN. The van der Waals surface area contributed by atoms with Crippen molar-refractivity contribution in [2.24, 2.45) is 11.1 Å². The number of hydrogen-bond donors (Lipinski definition) is 1. The highest BCUT2D eigenvalue weighted by molar-refractivity contribution is 4.95. The molecule has 0 spiro atoms. The Morgan fingerprint density at radius 2 is 0.929 bits per heavy atom. The number of nitrogens with two attached hydrogens (primary N) is 1. The van der Waals surface area contributed by atoms with Gasteiger partial charge in [-0.25, -0.2) is 0 Å². The lowest BCUT2D eigenvalue weighted by molar-refractivity contribution is 0.260. The molecule has 0 aliphatic rings. The molecule has 162 valence electrons. The van der Waals surface area contributed by atoms with E-state index in [1.165, 1.54) is 89.9 Å². The van der Waals surface area contributed by atoms with E-state index in [4.69, 9.17) is 5.73 Å². The molecular weight excluding hydrogens is 338 g/mol. The van der Waals surface area contributed by atoms with E-state index >= 15 is 0 Å². The summed E-state index contributed by atoms with van der Waals surface area (Å²) in [5.74, 6) is 0. The van der Waals surface area contributed by atoms with Crippen LogP contribution in [0.1, 0.15) is 109 Å². The predicted molar refractivity (Wildman–Crippen MR) is 130 cm³/mol. The molecule has 0 aromatic rings. The Morgan fingerprint density at radius 3 is 1.36 bits per heavy atom. The van der Waals surface area contributed by atoms with Gasteiger partial charge >= 0.3 is 0 Å². The van der Waals surface area contributed by atoms with Gasteiger partial charge < -0.3 is 5.73 Å². The van der Waals surface area contributed by atoms with Crippen molar-refractivity contribution in [3.63, 3.8) is 0 Å². The first-order chi connectivity index (χ1) is 13.7. The van der Waals surface area contributed by atoms with Crippen LogP contribution in [0, 0.1) is 5.41 Å². The Morgan fingerprint density at radius 1 is 0.536 bits per heavy atom. The standard InChI is InChI=1S/C27H49N/c1-4-22-27(23-5-2,24-6-3)25-20-18-16-14-12-10-8-7-9-11-13-15-17-19-21-26-28/h4-8H,1-3,9-26,28H2/b8-7-. The quantitative estimate of drug-likeness (QED) is 0.146. The highest BCUT2D eigenvalue weighted by atomic mass is 14.5. The fourth-order valence-electron chi connectivity index (χ4n) is 4.12. The van der Waals surface area contributed by atoms with Gasteiger partial charge in [0, 0.05) is 0 Å². The van der Waals surface area contributed by atoms with Gasteiger partial charge in [-0.2, -0.15) is 0 Å². The van der Waals surface area contributed by atoms with Crippen LogP contribution in [0.15, 0.2) is 50.1 Å². The van der Waals surface area contributed by atoms with Gasteiger partial charge in [0.15, 0.2) is 0 Å². The Balaban J connectivity index is 3.60. The first-order valence-corrected chi connectivity index (χ1v) is 11.9. The lowest BCUT2D eigenvalue weighted by Crippen LogP contribution is -2.18. The Kier molecular flexibility index (Phi) is 19.9. The fourth-order valence-corrected chi connectivity index (χ4v) is 4.12. The summed E-state index contributed by atoms with van der Waals surface area (Å²) in [6.45, 7) is 12.7. The second kappa shape index (κ2) is 20.6. The number of hydrogen-bond acceptors (Lipinski definition) is 1. The van der Waals surface area contributed by atoms with Crippen molar-refractivity contribution in [2.75, 3.05) is 6.54 Å². The Hall–Kier alpha value is -1.08. The first kappa shape index (κ1) is 26.9. The van der Waals surface area contributed by atoms with Crippen molar-refractivity contribution in [2.45, 2.75) is 109 Å². The zero-order valence-electron chi connectivity index (χ0n) is 18.8. The summed E-state index contributed by atoms with van der Waals surface area (Å²) in [5, 5.41) is 0. The molecule has 0 aromatic carbocycles. The van der Waals surface area contributed by atoms with Crippen LogP contribution in [-0.4, -0.2) is 6.54 Å². The summed E-state index contributed by atoms with van der Waals surface area (Å²) >= 11 is 0. The fraction of sp³-hybridized carbons (Fsp3) is 0.704. The molecule has 0 heterocycles.